The highest BCUT2D eigenvalue weighted by Gasteiger charge is 2.34. The van der Waals surface area contributed by atoms with Crippen molar-refractivity contribution in [2.24, 2.45) is 11.7 Å². The van der Waals surface area contributed by atoms with E-state index < -0.39 is 17.9 Å². The quantitative estimate of drug-likeness (QED) is 0.409. The number of carbonyl (C=O) groups is 2. The molecule has 4 rings (SSSR count). The number of piperidine rings is 1. The van der Waals surface area contributed by atoms with Gasteiger partial charge in [0.2, 0.25) is 11.8 Å². The number of hydrazine groups is 1. The fourth-order valence-corrected chi connectivity index (χ4v) is 6.05. The third-order valence-electron chi connectivity index (χ3n) is 8.29. The van der Waals surface area contributed by atoms with Crippen molar-refractivity contribution in [2.75, 3.05) is 52.9 Å². The summed E-state index contributed by atoms with van der Waals surface area (Å²) in [5, 5.41) is 8.59. The van der Waals surface area contributed by atoms with E-state index in [0.717, 1.165) is 51.1 Å². The summed E-state index contributed by atoms with van der Waals surface area (Å²) in [6.45, 7) is 10.9. The molecule has 2 heterocycles. The molecule has 0 saturated carbocycles. The summed E-state index contributed by atoms with van der Waals surface area (Å²) in [5.74, 6) is -0.395. The summed E-state index contributed by atoms with van der Waals surface area (Å²) in [7, 11) is 2.17. The van der Waals surface area contributed by atoms with Crippen LogP contribution in [0.2, 0.25) is 5.02 Å². The zero-order chi connectivity index (χ0) is 30.2. The Hall–Kier alpha value is -2.56. The normalized spacial score (nSPS) is 18.8. The minimum absolute atomic E-state index is 0.105. The number of likely N-dealkylation sites (N-methyl/N-ethyl adjacent to an activating group) is 1. The number of nitrogens with one attached hydrogen (secondary N) is 1. The molecular formula is C32H46ClFN6O2. The van der Waals surface area contributed by atoms with Crippen molar-refractivity contribution in [1.29, 1.82) is 0 Å². The van der Waals surface area contributed by atoms with Gasteiger partial charge in [-0.05, 0) is 49.6 Å². The summed E-state index contributed by atoms with van der Waals surface area (Å²) >= 11 is 6.08. The van der Waals surface area contributed by atoms with Crippen molar-refractivity contribution in [2.45, 2.75) is 57.7 Å². The zero-order valence-corrected chi connectivity index (χ0v) is 25.9. The highest BCUT2D eigenvalue weighted by atomic mass is 35.5. The molecule has 42 heavy (non-hydrogen) atoms. The number of nitrogens with zero attached hydrogens (tertiary/aromatic N) is 4. The predicted octanol–water partition coefficient (Wildman–Crippen LogP) is 3.71. The Kier molecular flexibility index (Phi) is 11.7. The van der Waals surface area contributed by atoms with E-state index in [1.807, 2.05) is 17.0 Å². The molecule has 2 fully saturated rings. The summed E-state index contributed by atoms with van der Waals surface area (Å²) in [4.78, 5) is 31.2. The van der Waals surface area contributed by atoms with Crippen LogP contribution in [0.5, 0.6) is 0 Å². The maximum absolute atomic E-state index is 14.2. The van der Waals surface area contributed by atoms with Crippen molar-refractivity contribution in [3.63, 3.8) is 0 Å². The monoisotopic (exact) mass is 600 g/mol. The number of halogens is 2. The van der Waals surface area contributed by atoms with Gasteiger partial charge in [0.1, 0.15) is 11.9 Å². The first-order valence-electron chi connectivity index (χ1n) is 15.1. The maximum Gasteiger partial charge on any atom is 0.245 e. The van der Waals surface area contributed by atoms with E-state index in [2.05, 4.69) is 41.1 Å². The predicted molar refractivity (Wildman–Crippen MR) is 165 cm³/mol. The Morgan fingerprint density at radius 1 is 1.02 bits per heavy atom. The minimum Gasteiger partial charge on any atom is -0.344 e. The van der Waals surface area contributed by atoms with Gasteiger partial charge in [0, 0.05) is 81.3 Å². The van der Waals surface area contributed by atoms with Gasteiger partial charge in [0.15, 0.2) is 0 Å². The summed E-state index contributed by atoms with van der Waals surface area (Å²) < 4.78 is 14.2. The van der Waals surface area contributed by atoms with Gasteiger partial charge in [-0.15, -0.1) is 0 Å². The van der Waals surface area contributed by atoms with E-state index in [1.165, 1.54) is 6.07 Å². The third-order valence-corrected chi connectivity index (χ3v) is 8.54. The van der Waals surface area contributed by atoms with Gasteiger partial charge < -0.3 is 20.9 Å². The van der Waals surface area contributed by atoms with Gasteiger partial charge in [0.05, 0.1) is 0 Å². The van der Waals surface area contributed by atoms with Crippen LogP contribution in [0.15, 0.2) is 48.5 Å². The van der Waals surface area contributed by atoms with Gasteiger partial charge in [-0.3, -0.25) is 9.59 Å². The lowest BCUT2D eigenvalue weighted by Gasteiger charge is -2.47. The van der Waals surface area contributed by atoms with E-state index >= 15 is 0 Å². The van der Waals surface area contributed by atoms with Crippen molar-refractivity contribution >= 4 is 23.4 Å². The molecule has 2 aliphatic heterocycles. The van der Waals surface area contributed by atoms with Gasteiger partial charge in [-0.1, -0.05) is 55.8 Å². The van der Waals surface area contributed by atoms with E-state index in [-0.39, 0.29) is 23.8 Å². The second-order valence-corrected chi connectivity index (χ2v) is 12.5. The van der Waals surface area contributed by atoms with E-state index in [1.54, 1.807) is 30.3 Å². The zero-order valence-electron chi connectivity index (χ0n) is 25.1. The van der Waals surface area contributed by atoms with Crippen LogP contribution >= 0.6 is 11.6 Å². The SMILES string of the molecule is CC(C)CN(C1CCN(C(=O)[C@@H](Cc2ccc(Cl)cc2)NC(=O)C[C@@H](N)c2ccccc2F)CC1)N1CCN(C)CC1. The molecule has 2 atom stereocenters. The fourth-order valence-electron chi connectivity index (χ4n) is 5.92. The number of piperazine rings is 1. The number of carbonyl (C=O) groups excluding carboxylic acids is 2. The van der Waals surface area contributed by atoms with Gasteiger partial charge >= 0.3 is 0 Å². The molecule has 0 unspecified atom stereocenters. The maximum atomic E-state index is 14.2. The Morgan fingerprint density at radius 3 is 2.29 bits per heavy atom. The Morgan fingerprint density at radius 2 is 1.67 bits per heavy atom. The molecule has 0 spiro atoms. The molecule has 2 aromatic carbocycles. The van der Waals surface area contributed by atoms with Crippen molar-refractivity contribution in [3.05, 3.63) is 70.5 Å². The third kappa shape index (κ3) is 8.97. The highest BCUT2D eigenvalue weighted by Crippen LogP contribution is 2.23. The fraction of sp³-hybridized carbons (Fsp3) is 0.562. The number of hydrogen-bond acceptors (Lipinski definition) is 6. The second-order valence-electron chi connectivity index (χ2n) is 12.1. The van der Waals surface area contributed by atoms with E-state index in [9.17, 15) is 14.0 Å². The molecule has 2 aromatic rings. The molecular weight excluding hydrogens is 555 g/mol. The summed E-state index contributed by atoms with van der Waals surface area (Å²) in [6.07, 6.45) is 1.97. The first kappa shape index (κ1) is 32.4. The highest BCUT2D eigenvalue weighted by molar-refractivity contribution is 6.30. The molecule has 2 amide bonds. The van der Waals surface area contributed by atoms with E-state index in [0.29, 0.717) is 36.5 Å². The molecule has 2 aliphatic rings. The van der Waals surface area contributed by atoms with Crippen LogP contribution in [0, 0.1) is 11.7 Å². The Bertz CT molecular complexity index is 1170. The molecule has 2 saturated heterocycles. The molecule has 10 heteroatoms. The number of rotatable bonds is 11. The van der Waals surface area contributed by atoms with Crippen LogP contribution in [-0.2, 0) is 16.0 Å². The largest absolute Gasteiger partial charge is 0.344 e. The number of nitrogens with two attached hydrogens (primary N) is 1. The first-order valence-corrected chi connectivity index (χ1v) is 15.5. The average Bonchev–Trinajstić information content (AvgIpc) is 2.97. The number of amides is 2. The van der Waals surface area contributed by atoms with Crippen LogP contribution in [0.25, 0.3) is 0 Å². The molecule has 0 aliphatic carbocycles. The molecule has 3 N–H and O–H groups in total. The average molecular weight is 601 g/mol. The van der Waals surface area contributed by atoms with Crippen LogP contribution in [0.4, 0.5) is 4.39 Å². The van der Waals surface area contributed by atoms with Crippen LogP contribution in [-0.4, -0.2) is 96.6 Å². The van der Waals surface area contributed by atoms with Crippen LogP contribution in [0.1, 0.15) is 50.3 Å². The summed E-state index contributed by atoms with van der Waals surface area (Å²) in [6, 6.07) is 12.3. The second kappa shape index (κ2) is 15.3. The van der Waals surface area contributed by atoms with Crippen LogP contribution < -0.4 is 11.1 Å². The molecule has 230 valence electrons. The molecule has 8 nitrogen and oxygen atoms in total. The minimum atomic E-state index is -0.810. The van der Waals surface area contributed by atoms with E-state index in [4.69, 9.17) is 17.3 Å². The Balaban J connectivity index is 1.42. The lowest BCUT2D eigenvalue weighted by atomic mass is 9.99. The number of benzene rings is 2. The van der Waals surface area contributed by atoms with Crippen molar-refractivity contribution in [3.8, 4) is 0 Å². The van der Waals surface area contributed by atoms with Gasteiger partial charge in [-0.25, -0.2) is 14.4 Å². The van der Waals surface area contributed by atoms with Gasteiger partial charge in [-0.2, -0.15) is 0 Å². The Labute approximate surface area is 254 Å². The smallest absolute Gasteiger partial charge is 0.245 e. The number of hydrogen-bond donors (Lipinski definition) is 2. The molecule has 0 aromatic heterocycles. The number of likely N-dealkylation sites (tertiary alicyclic amines) is 1. The topological polar surface area (TPSA) is 85.1 Å². The lowest BCUT2D eigenvalue weighted by Crippen LogP contribution is -2.60. The van der Waals surface area contributed by atoms with Crippen molar-refractivity contribution < 1.29 is 14.0 Å². The molecule has 0 bridgehead atoms. The first-order chi connectivity index (χ1) is 20.1. The van der Waals surface area contributed by atoms with Crippen molar-refractivity contribution in [1.82, 2.24) is 25.1 Å². The summed E-state index contributed by atoms with van der Waals surface area (Å²) in [5.41, 5.74) is 7.36. The van der Waals surface area contributed by atoms with Gasteiger partial charge in [0.25, 0.3) is 0 Å². The van der Waals surface area contributed by atoms with Crippen LogP contribution in [0.3, 0.4) is 0 Å². The standard InChI is InChI=1S/C32H46ClFN6O2/c1-23(2)22-40(39-18-16-37(3)17-19-39)26-12-14-38(15-13-26)32(42)30(20-24-8-10-25(33)11-9-24)36-31(41)21-29(35)27-6-4-5-7-28(27)34/h4-11,23,26,29-30H,12-22,35H2,1-3H3,(H,36,41)/t29-,30-/m1/s1. The lowest BCUT2D eigenvalue weighted by molar-refractivity contribution is -0.140. The molecule has 0 radical (unpaired) electrons.